The van der Waals surface area contributed by atoms with E-state index < -0.39 is 5.41 Å². The summed E-state index contributed by atoms with van der Waals surface area (Å²) in [4.78, 5) is 27.2. The molecule has 1 aromatic rings. The Morgan fingerprint density at radius 1 is 1.20 bits per heavy atom. The van der Waals surface area contributed by atoms with Crippen LogP contribution >= 0.6 is 11.6 Å². The van der Waals surface area contributed by atoms with Gasteiger partial charge in [0.05, 0.1) is 5.41 Å². The van der Waals surface area contributed by atoms with Crippen molar-refractivity contribution in [1.29, 1.82) is 0 Å². The zero-order valence-corrected chi connectivity index (χ0v) is 15.6. The van der Waals surface area contributed by atoms with E-state index in [1.165, 1.54) is 6.42 Å². The number of esters is 1. The first-order valence-electron chi connectivity index (χ1n) is 9.29. The minimum atomic E-state index is -0.600. The number of rotatable bonds is 5. The first kappa shape index (κ1) is 18.2. The van der Waals surface area contributed by atoms with E-state index >= 15 is 0 Å². The van der Waals surface area contributed by atoms with Gasteiger partial charge in [-0.15, -0.1) is 0 Å². The highest BCUT2D eigenvalue weighted by Gasteiger charge is 2.47. The minimum absolute atomic E-state index is 0.0644. The van der Waals surface area contributed by atoms with E-state index in [1.807, 2.05) is 17.0 Å². The molecule has 1 aliphatic heterocycles. The summed E-state index contributed by atoms with van der Waals surface area (Å²) in [5, 5.41) is 0.650. The monoisotopic (exact) mass is 363 g/mol. The van der Waals surface area contributed by atoms with Crippen LogP contribution in [0.3, 0.4) is 0 Å². The van der Waals surface area contributed by atoms with Gasteiger partial charge in [0.15, 0.2) is 6.61 Å². The van der Waals surface area contributed by atoms with Crippen LogP contribution in [0.5, 0.6) is 0 Å². The molecular weight excluding hydrogens is 338 g/mol. The normalized spacial score (nSPS) is 22.2. The molecule has 1 saturated heterocycles. The molecule has 2 fully saturated rings. The number of hydrogen-bond acceptors (Lipinski definition) is 3. The predicted octanol–water partition coefficient (Wildman–Crippen LogP) is 4.10. The topological polar surface area (TPSA) is 46.6 Å². The largest absolute Gasteiger partial charge is 0.455 e. The van der Waals surface area contributed by atoms with E-state index in [1.54, 1.807) is 12.1 Å². The van der Waals surface area contributed by atoms with Crippen LogP contribution in [-0.4, -0.2) is 36.0 Å². The van der Waals surface area contributed by atoms with Crippen molar-refractivity contribution in [2.24, 2.45) is 0 Å². The summed E-state index contributed by atoms with van der Waals surface area (Å²) in [5.74, 6) is -0.343. The third kappa shape index (κ3) is 3.69. The highest BCUT2D eigenvalue weighted by atomic mass is 35.5. The van der Waals surface area contributed by atoms with Crippen LogP contribution in [0.1, 0.15) is 57.4 Å². The molecule has 1 unspecified atom stereocenters. The second kappa shape index (κ2) is 7.77. The zero-order valence-electron chi connectivity index (χ0n) is 14.8. The van der Waals surface area contributed by atoms with Crippen LogP contribution in [0.4, 0.5) is 0 Å². The first-order chi connectivity index (χ1) is 12.1. The van der Waals surface area contributed by atoms with Gasteiger partial charge in [-0.1, -0.05) is 37.1 Å². The van der Waals surface area contributed by atoms with Gasteiger partial charge in [-0.3, -0.25) is 9.59 Å². The Kier molecular flexibility index (Phi) is 5.67. The van der Waals surface area contributed by atoms with Crippen molar-refractivity contribution in [3.63, 3.8) is 0 Å². The third-order valence-corrected chi connectivity index (χ3v) is 5.99. The standard InChI is InChI=1S/C20H26ClNO3/c1-2-17-6-3-4-13-22(17)18(23)14-25-19(24)20(11-5-12-20)15-7-9-16(21)10-8-15/h7-10,17H,2-6,11-14H2,1H3. The SMILES string of the molecule is CCC1CCCCN1C(=O)COC(=O)C1(c2ccc(Cl)cc2)CCC1. The Hall–Kier alpha value is -1.55. The van der Waals surface area contributed by atoms with Gasteiger partial charge in [0.1, 0.15) is 0 Å². The molecule has 1 atom stereocenters. The number of nitrogens with zero attached hydrogens (tertiary/aromatic N) is 1. The van der Waals surface area contributed by atoms with E-state index in [9.17, 15) is 9.59 Å². The third-order valence-electron chi connectivity index (χ3n) is 5.74. The van der Waals surface area contributed by atoms with Crippen molar-refractivity contribution >= 4 is 23.5 Å². The molecule has 4 nitrogen and oxygen atoms in total. The fraction of sp³-hybridized carbons (Fsp3) is 0.600. The van der Waals surface area contributed by atoms with Crippen molar-refractivity contribution < 1.29 is 14.3 Å². The number of likely N-dealkylation sites (tertiary alicyclic amines) is 1. The van der Waals surface area contributed by atoms with Crippen molar-refractivity contribution in [3.8, 4) is 0 Å². The molecule has 1 heterocycles. The molecule has 3 rings (SSSR count). The Labute approximate surface area is 154 Å². The number of hydrogen-bond donors (Lipinski definition) is 0. The number of ether oxygens (including phenoxy) is 1. The highest BCUT2D eigenvalue weighted by molar-refractivity contribution is 6.30. The molecule has 0 spiro atoms. The molecule has 1 aromatic carbocycles. The van der Waals surface area contributed by atoms with Crippen LogP contribution in [0, 0.1) is 0 Å². The van der Waals surface area contributed by atoms with Gasteiger partial charge in [-0.05, 0) is 56.2 Å². The summed E-state index contributed by atoms with van der Waals surface area (Å²) in [7, 11) is 0. The number of carbonyl (C=O) groups excluding carboxylic acids is 2. The van der Waals surface area contributed by atoms with E-state index in [2.05, 4.69) is 6.92 Å². The molecule has 0 aromatic heterocycles. The van der Waals surface area contributed by atoms with E-state index in [-0.39, 0.29) is 24.5 Å². The van der Waals surface area contributed by atoms with E-state index in [4.69, 9.17) is 16.3 Å². The molecular formula is C20H26ClNO3. The van der Waals surface area contributed by atoms with Gasteiger partial charge in [0.25, 0.3) is 5.91 Å². The lowest BCUT2D eigenvalue weighted by Gasteiger charge is -2.40. The van der Waals surface area contributed by atoms with Gasteiger partial charge in [-0.2, -0.15) is 0 Å². The molecule has 5 heteroatoms. The maximum Gasteiger partial charge on any atom is 0.317 e. The quantitative estimate of drug-likeness (QED) is 0.740. The summed E-state index contributed by atoms with van der Waals surface area (Å²) in [5.41, 5.74) is 0.335. The summed E-state index contributed by atoms with van der Waals surface area (Å²) < 4.78 is 5.48. The van der Waals surface area contributed by atoms with Gasteiger partial charge < -0.3 is 9.64 Å². The summed E-state index contributed by atoms with van der Waals surface area (Å²) in [6, 6.07) is 7.67. The first-order valence-corrected chi connectivity index (χ1v) is 9.67. The maximum absolute atomic E-state index is 12.7. The van der Waals surface area contributed by atoms with Gasteiger partial charge in [0, 0.05) is 17.6 Å². The molecule has 136 valence electrons. The fourth-order valence-corrected chi connectivity index (χ4v) is 4.14. The Balaban J connectivity index is 1.63. The summed E-state index contributed by atoms with van der Waals surface area (Å²) in [6.07, 6.45) is 6.73. The zero-order chi connectivity index (χ0) is 17.9. The number of benzene rings is 1. The minimum Gasteiger partial charge on any atom is -0.455 e. The van der Waals surface area contributed by atoms with E-state index in [0.717, 1.165) is 50.6 Å². The van der Waals surface area contributed by atoms with Crippen molar-refractivity contribution in [2.75, 3.05) is 13.2 Å². The van der Waals surface area contributed by atoms with Crippen LogP contribution in [0.15, 0.2) is 24.3 Å². The summed E-state index contributed by atoms with van der Waals surface area (Å²) >= 11 is 5.95. The van der Waals surface area contributed by atoms with Crippen molar-refractivity contribution in [1.82, 2.24) is 4.90 Å². The molecule has 0 radical (unpaired) electrons. The molecule has 1 amide bonds. The molecule has 0 bridgehead atoms. The Morgan fingerprint density at radius 2 is 1.92 bits per heavy atom. The second-order valence-electron chi connectivity index (χ2n) is 7.16. The highest BCUT2D eigenvalue weighted by Crippen LogP contribution is 2.45. The Morgan fingerprint density at radius 3 is 2.52 bits per heavy atom. The van der Waals surface area contributed by atoms with Crippen LogP contribution in [-0.2, 0) is 19.7 Å². The molecule has 1 saturated carbocycles. The Bertz CT molecular complexity index is 624. The van der Waals surface area contributed by atoms with Crippen LogP contribution in [0.25, 0.3) is 0 Å². The number of piperidine rings is 1. The fourth-order valence-electron chi connectivity index (χ4n) is 4.01. The summed E-state index contributed by atoms with van der Waals surface area (Å²) in [6.45, 7) is 2.73. The van der Waals surface area contributed by atoms with Crippen molar-refractivity contribution in [3.05, 3.63) is 34.9 Å². The lowest BCUT2D eigenvalue weighted by atomic mass is 9.64. The lowest BCUT2D eigenvalue weighted by Crippen LogP contribution is -2.48. The van der Waals surface area contributed by atoms with Crippen LogP contribution < -0.4 is 0 Å². The maximum atomic E-state index is 12.7. The number of halogens is 1. The number of amides is 1. The molecule has 0 N–H and O–H groups in total. The second-order valence-corrected chi connectivity index (χ2v) is 7.60. The lowest BCUT2D eigenvalue weighted by molar-refractivity contribution is -0.161. The van der Waals surface area contributed by atoms with Gasteiger partial charge in [0.2, 0.25) is 0 Å². The van der Waals surface area contributed by atoms with Gasteiger partial charge >= 0.3 is 5.97 Å². The van der Waals surface area contributed by atoms with Crippen LogP contribution in [0.2, 0.25) is 5.02 Å². The van der Waals surface area contributed by atoms with Crippen molar-refractivity contribution in [2.45, 2.75) is 63.3 Å². The number of carbonyl (C=O) groups is 2. The average Bonchev–Trinajstić information content (AvgIpc) is 2.60. The van der Waals surface area contributed by atoms with E-state index in [0.29, 0.717) is 5.02 Å². The predicted molar refractivity (Wildman–Crippen MR) is 97.6 cm³/mol. The molecule has 2 aliphatic rings. The average molecular weight is 364 g/mol. The smallest absolute Gasteiger partial charge is 0.317 e. The molecule has 1 aliphatic carbocycles. The molecule has 25 heavy (non-hydrogen) atoms. The van der Waals surface area contributed by atoms with Gasteiger partial charge in [-0.25, -0.2) is 0 Å².